The molecule has 0 radical (unpaired) electrons. The van der Waals surface area contributed by atoms with Crippen molar-refractivity contribution in [2.24, 2.45) is 17.3 Å². The summed E-state index contributed by atoms with van der Waals surface area (Å²) in [5.74, 6) is -0.229. The fourth-order valence-electron chi connectivity index (χ4n) is 5.65. The Bertz CT molecular complexity index is 813. The van der Waals surface area contributed by atoms with E-state index in [1.54, 1.807) is 0 Å². The van der Waals surface area contributed by atoms with Gasteiger partial charge in [0, 0.05) is 10.4 Å². The van der Waals surface area contributed by atoms with E-state index >= 15 is 0 Å². The van der Waals surface area contributed by atoms with Gasteiger partial charge in [-0.15, -0.1) is 11.6 Å². The molecule has 0 aliphatic heterocycles. The molecule has 28 heavy (non-hydrogen) atoms. The lowest BCUT2D eigenvalue weighted by Gasteiger charge is -2.59. The van der Waals surface area contributed by atoms with Gasteiger partial charge in [-0.3, -0.25) is 25.2 Å². The Labute approximate surface area is 168 Å². The quantitative estimate of drug-likeness (QED) is 0.453. The summed E-state index contributed by atoms with van der Waals surface area (Å²) in [5.41, 5.74) is 4.30. The van der Waals surface area contributed by atoms with Crippen molar-refractivity contribution in [3.8, 4) is 5.75 Å². The van der Waals surface area contributed by atoms with E-state index in [4.69, 9.17) is 11.6 Å². The molecule has 7 nitrogen and oxygen atoms in total. The summed E-state index contributed by atoms with van der Waals surface area (Å²) < 4.78 is 0. The predicted molar refractivity (Wildman–Crippen MR) is 102 cm³/mol. The third-order valence-corrected chi connectivity index (χ3v) is 6.75. The van der Waals surface area contributed by atoms with Crippen molar-refractivity contribution < 1.29 is 19.5 Å². The van der Waals surface area contributed by atoms with Gasteiger partial charge in [0.1, 0.15) is 5.75 Å². The Morgan fingerprint density at radius 2 is 1.82 bits per heavy atom. The minimum absolute atomic E-state index is 0.0427. The van der Waals surface area contributed by atoms with Crippen LogP contribution in [0.25, 0.3) is 0 Å². The van der Waals surface area contributed by atoms with E-state index < -0.39 is 17.2 Å². The van der Waals surface area contributed by atoms with Gasteiger partial charge in [-0.25, -0.2) is 0 Å². The molecular weight excluding hydrogens is 382 g/mol. The molecule has 5 rings (SSSR count). The summed E-state index contributed by atoms with van der Waals surface area (Å²) in [7, 11) is 0. The van der Waals surface area contributed by atoms with Gasteiger partial charge >= 0.3 is 0 Å². The SMILES string of the molecule is O=C(CNC(=O)C12C[C@@H]3C[C@@H](CC(Cl)(C3)C1)C2)NNC(=O)c1cccc(O)c1. The lowest BCUT2D eigenvalue weighted by atomic mass is 9.49. The summed E-state index contributed by atoms with van der Waals surface area (Å²) in [4.78, 5) is 36.6. The first kappa shape index (κ1) is 19.1. The Morgan fingerprint density at radius 3 is 2.46 bits per heavy atom. The second-order valence-corrected chi connectivity index (χ2v) is 9.43. The molecule has 0 aromatic heterocycles. The Morgan fingerprint density at radius 1 is 1.11 bits per heavy atom. The third-order valence-electron chi connectivity index (χ3n) is 6.30. The van der Waals surface area contributed by atoms with Crippen molar-refractivity contribution in [1.29, 1.82) is 0 Å². The van der Waals surface area contributed by atoms with Crippen molar-refractivity contribution in [2.75, 3.05) is 6.54 Å². The molecule has 0 heterocycles. The maximum atomic E-state index is 12.9. The second-order valence-electron chi connectivity index (χ2n) is 8.63. The summed E-state index contributed by atoms with van der Waals surface area (Å²) in [6, 6.07) is 5.78. The average molecular weight is 406 g/mol. The monoisotopic (exact) mass is 405 g/mol. The van der Waals surface area contributed by atoms with Crippen LogP contribution in [0, 0.1) is 17.3 Å². The fourth-order valence-corrected chi connectivity index (χ4v) is 6.35. The number of carbonyl (C=O) groups is 3. The Hall–Kier alpha value is -2.28. The lowest BCUT2D eigenvalue weighted by molar-refractivity contribution is -0.145. The number of phenols is 1. The molecule has 1 aromatic carbocycles. The number of halogens is 1. The number of carbonyl (C=O) groups excluding carboxylic acids is 3. The summed E-state index contributed by atoms with van der Waals surface area (Å²) >= 11 is 6.76. The Balaban J connectivity index is 1.28. The molecule has 4 N–H and O–H groups in total. The van der Waals surface area contributed by atoms with Crippen LogP contribution in [0.3, 0.4) is 0 Å². The van der Waals surface area contributed by atoms with E-state index in [-0.39, 0.29) is 28.6 Å². The van der Waals surface area contributed by atoms with Crippen LogP contribution in [0.5, 0.6) is 5.75 Å². The van der Waals surface area contributed by atoms with Crippen LogP contribution in [0.1, 0.15) is 48.9 Å². The van der Waals surface area contributed by atoms with Crippen LogP contribution in [0.4, 0.5) is 0 Å². The maximum Gasteiger partial charge on any atom is 0.269 e. The smallest absolute Gasteiger partial charge is 0.269 e. The van der Waals surface area contributed by atoms with Gasteiger partial charge in [0.05, 0.1) is 12.0 Å². The van der Waals surface area contributed by atoms with Crippen molar-refractivity contribution in [3.63, 3.8) is 0 Å². The molecule has 4 aliphatic carbocycles. The van der Waals surface area contributed by atoms with Crippen LogP contribution >= 0.6 is 11.6 Å². The highest BCUT2D eigenvalue weighted by molar-refractivity contribution is 6.24. The molecule has 4 saturated carbocycles. The van der Waals surface area contributed by atoms with Gasteiger partial charge in [0.15, 0.2) is 0 Å². The lowest BCUT2D eigenvalue weighted by Crippen LogP contribution is -2.59. The normalized spacial score (nSPS) is 32.6. The Kier molecular flexibility index (Phi) is 4.73. The molecule has 3 amide bonds. The van der Waals surface area contributed by atoms with Crippen LogP contribution in [-0.4, -0.2) is 34.2 Å². The highest BCUT2D eigenvalue weighted by atomic mass is 35.5. The van der Waals surface area contributed by atoms with Crippen molar-refractivity contribution in [1.82, 2.24) is 16.2 Å². The first-order chi connectivity index (χ1) is 13.3. The van der Waals surface area contributed by atoms with E-state index in [2.05, 4.69) is 16.2 Å². The molecule has 0 saturated heterocycles. The number of benzene rings is 1. The zero-order valence-electron chi connectivity index (χ0n) is 15.5. The number of rotatable bonds is 4. The van der Waals surface area contributed by atoms with Crippen LogP contribution in [0.15, 0.2) is 24.3 Å². The fraction of sp³-hybridized carbons (Fsp3) is 0.550. The predicted octanol–water partition coefficient (Wildman–Crippen LogP) is 1.85. The average Bonchev–Trinajstić information content (AvgIpc) is 2.62. The van der Waals surface area contributed by atoms with Gasteiger partial charge in [0.2, 0.25) is 5.91 Å². The highest BCUT2D eigenvalue weighted by Crippen LogP contribution is 2.63. The molecule has 4 aliphatic rings. The standard InChI is InChI=1S/C20H24ClN3O4/c21-20-8-12-4-13(9-20)7-19(6-12,11-20)18(28)22-10-16(26)23-24-17(27)14-2-1-3-15(25)5-14/h1-3,5,12-13,25H,4,6-11H2,(H,22,28)(H,23,26)(H,24,27)/t12-,13+,19?,20?. The first-order valence-corrected chi connectivity index (χ1v) is 10.0. The number of hydrazine groups is 1. The highest BCUT2D eigenvalue weighted by Gasteiger charge is 2.60. The number of hydrogen-bond donors (Lipinski definition) is 4. The molecule has 2 unspecified atom stereocenters. The number of alkyl halides is 1. The van der Waals surface area contributed by atoms with Gasteiger partial charge in [-0.1, -0.05) is 6.07 Å². The topological polar surface area (TPSA) is 108 Å². The molecule has 0 spiro atoms. The van der Waals surface area contributed by atoms with E-state index in [9.17, 15) is 19.5 Å². The molecule has 150 valence electrons. The van der Waals surface area contributed by atoms with Crippen LogP contribution in [-0.2, 0) is 9.59 Å². The van der Waals surface area contributed by atoms with Gasteiger partial charge < -0.3 is 10.4 Å². The van der Waals surface area contributed by atoms with Gasteiger partial charge in [-0.2, -0.15) is 0 Å². The van der Waals surface area contributed by atoms with Crippen molar-refractivity contribution in [2.45, 2.75) is 43.4 Å². The van der Waals surface area contributed by atoms with E-state index in [1.807, 2.05) is 0 Å². The zero-order valence-corrected chi connectivity index (χ0v) is 16.2. The van der Waals surface area contributed by atoms with E-state index in [1.165, 1.54) is 24.3 Å². The second kappa shape index (κ2) is 6.95. The molecule has 4 bridgehead atoms. The first-order valence-electron chi connectivity index (χ1n) is 9.62. The third kappa shape index (κ3) is 3.68. The number of nitrogens with one attached hydrogen (secondary N) is 3. The van der Waals surface area contributed by atoms with Gasteiger partial charge in [0.25, 0.3) is 11.8 Å². The van der Waals surface area contributed by atoms with E-state index in [0.717, 1.165) is 32.1 Å². The van der Waals surface area contributed by atoms with Gasteiger partial charge in [-0.05, 0) is 68.6 Å². The van der Waals surface area contributed by atoms with Crippen molar-refractivity contribution >= 4 is 29.3 Å². The minimum atomic E-state index is -0.555. The number of phenolic OH excluding ortho intramolecular Hbond substituents is 1. The largest absolute Gasteiger partial charge is 0.508 e. The number of hydrogen-bond acceptors (Lipinski definition) is 4. The summed E-state index contributed by atoms with van der Waals surface area (Å²) in [6.07, 6.45) is 5.50. The molecule has 4 atom stereocenters. The zero-order chi connectivity index (χ0) is 19.9. The number of aromatic hydroxyl groups is 1. The summed E-state index contributed by atoms with van der Waals surface area (Å²) in [6.45, 7) is -0.217. The molecule has 4 fully saturated rings. The van der Waals surface area contributed by atoms with E-state index in [0.29, 0.717) is 18.3 Å². The summed E-state index contributed by atoms with van der Waals surface area (Å²) in [5, 5.41) is 12.1. The molecular formula is C20H24ClN3O4. The van der Waals surface area contributed by atoms with Crippen molar-refractivity contribution in [3.05, 3.63) is 29.8 Å². The van der Waals surface area contributed by atoms with Crippen LogP contribution < -0.4 is 16.2 Å². The molecule has 8 heteroatoms. The number of amides is 3. The maximum absolute atomic E-state index is 12.9. The molecule has 1 aromatic rings. The van der Waals surface area contributed by atoms with Crippen LogP contribution in [0.2, 0.25) is 0 Å². The minimum Gasteiger partial charge on any atom is -0.508 e.